The molecule has 2 atom stereocenters. The summed E-state index contributed by atoms with van der Waals surface area (Å²) < 4.78 is 10.9. The minimum Gasteiger partial charge on any atom is -0.380 e. The number of hydrogen-bond acceptors (Lipinski definition) is 3. The Balaban J connectivity index is 1.61. The van der Waals surface area contributed by atoms with Gasteiger partial charge in [0.1, 0.15) is 5.78 Å². The van der Waals surface area contributed by atoms with Crippen LogP contribution in [0.3, 0.4) is 0 Å². The van der Waals surface area contributed by atoms with Gasteiger partial charge in [-0.1, -0.05) is 6.42 Å². The molecule has 0 aromatic carbocycles. The van der Waals surface area contributed by atoms with E-state index in [4.69, 9.17) is 9.47 Å². The largest absolute Gasteiger partial charge is 0.380 e. The first-order chi connectivity index (χ1) is 7.36. The highest BCUT2D eigenvalue weighted by molar-refractivity contribution is 5.81. The fourth-order valence-corrected chi connectivity index (χ4v) is 2.40. The Kier molecular flexibility index (Phi) is 4.15. The highest BCUT2D eigenvalue weighted by atomic mass is 16.5. The van der Waals surface area contributed by atoms with E-state index in [-0.39, 0.29) is 5.92 Å². The van der Waals surface area contributed by atoms with Crippen LogP contribution in [0.5, 0.6) is 0 Å². The smallest absolute Gasteiger partial charge is 0.140 e. The van der Waals surface area contributed by atoms with E-state index in [1.807, 2.05) is 0 Å². The van der Waals surface area contributed by atoms with Gasteiger partial charge in [-0.25, -0.2) is 0 Å². The molecule has 2 unspecified atom stereocenters. The number of hydrogen-bond donors (Lipinski definition) is 0. The molecule has 86 valence electrons. The van der Waals surface area contributed by atoms with E-state index in [1.165, 1.54) is 12.8 Å². The third-order valence-corrected chi connectivity index (χ3v) is 3.37. The van der Waals surface area contributed by atoms with Gasteiger partial charge in [0, 0.05) is 18.9 Å². The molecule has 0 aromatic rings. The van der Waals surface area contributed by atoms with Crippen LogP contribution >= 0.6 is 0 Å². The van der Waals surface area contributed by atoms with Crippen molar-refractivity contribution < 1.29 is 14.3 Å². The van der Waals surface area contributed by atoms with Crippen molar-refractivity contribution in [1.82, 2.24) is 0 Å². The van der Waals surface area contributed by atoms with Gasteiger partial charge in [-0.05, 0) is 25.7 Å². The molecule has 2 saturated heterocycles. The number of carbonyl (C=O) groups excluding carboxylic acids is 1. The lowest BCUT2D eigenvalue weighted by atomic mass is 9.94. The van der Waals surface area contributed by atoms with E-state index < -0.39 is 0 Å². The second-order valence-corrected chi connectivity index (χ2v) is 4.55. The molecule has 3 heteroatoms. The average molecular weight is 212 g/mol. The Morgan fingerprint density at radius 2 is 2.20 bits per heavy atom. The standard InChI is InChI=1S/C12H20O3/c13-12-6-8-14-9-10(12)3-1-4-11-5-2-7-15-11/h10-11H,1-9H2. The van der Waals surface area contributed by atoms with Gasteiger partial charge >= 0.3 is 0 Å². The van der Waals surface area contributed by atoms with Crippen LogP contribution in [0, 0.1) is 5.92 Å². The Morgan fingerprint density at radius 3 is 2.93 bits per heavy atom. The third-order valence-electron chi connectivity index (χ3n) is 3.37. The van der Waals surface area contributed by atoms with Gasteiger partial charge in [0.2, 0.25) is 0 Å². The molecule has 3 nitrogen and oxygen atoms in total. The summed E-state index contributed by atoms with van der Waals surface area (Å²) in [6.45, 7) is 2.20. The topological polar surface area (TPSA) is 35.5 Å². The van der Waals surface area contributed by atoms with Crippen molar-refractivity contribution in [2.75, 3.05) is 19.8 Å². The van der Waals surface area contributed by atoms with Gasteiger partial charge in [0.15, 0.2) is 0 Å². The molecule has 2 fully saturated rings. The maximum Gasteiger partial charge on any atom is 0.140 e. The van der Waals surface area contributed by atoms with E-state index in [1.54, 1.807) is 0 Å². The summed E-state index contributed by atoms with van der Waals surface area (Å²) >= 11 is 0. The highest BCUT2D eigenvalue weighted by Gasteiger charge is 2.23. The first kappa shape index (κ1) is 11.1. The Morgan fingerprint density at radius 1 is 1.27 bits per heavy atom. The second-order valence-electron chi connectivity index (χ2n) is 4.55. The molecule has 0 aromatic heterocycles. The fraction of sp³-hybridized carbons (Fsp3) is 0.917. The number of ether oxygens (including phenoxy) is 2. The molecule has 0 spiro atoms. The Hall–Kier alpha value is -0.410. The van der Waals surface area contributed by atoms with Crippen LogP contribution < -0.4 is 0 Å². The molecular formula is C12H20O3. The summed E-state index contributed by atoms with van der Waals surface area (Å²) in [5, 5.41) is 0. The van der Waals surface area contributed by atoms with Gasteiger partial charge in [-0.3, -0.25) is 4.79 Å². The summed E-state index contributed by atoms with van der Waals surface area (Å²) in [4.78, 5) is 11.5. The van der Waals surface area contributed by atoms with Crippen molar-refractivity contribution in [2.24, 2.45) is 5.92 Å². The Bertz CT molecular complexity index is 209. The number of ketones is 1. The van der Waals surface area contributed by atoms with Gasteiger partial charge in [-0.2, -0.15) is 0 Å². The van der Waals surface area contributed by atoms with Gasteiger partial charge in [0.25, 0.3) is 0 Å². The third kappa shape index (κ3) is 3.28. The molecular weight excluding hydrogens is 192 g/mol. The van der Waals surface area contributed by atoms with Crippen LogP contribution in [0.4, 0.5) is 0 Å². The second kappa shape index (κ2) is 5.61. The zero-order valence-corrected chi connectivity index (χ0v) is 9.24. The molecule has 0 N–H and O–H groups in total. The van der Waals surface area contributed by atoms with E-state index in [2.05, 4.69) is 0 Å². The Labute approximate surface area is 91.1 Å². The van der Waals surface area contributed by atoms with Crippen molar-refractivity contribution in [2.45, 2.75) is 44.6 Å². The van der Waals surface area contributed by atoms with Crippen LogP contribution in [0.1, 0.15) is 38.5 Å². The first-order valence-electron chi connectivity index (χ1n) is 6.08. The van der Waals surface area contributed by atoms with E-state index >= 15 is 0 Å². The number of carbonyl (C=O) groups is 1. The lowest BCUT2D eigenvalue weighted by Gasteiger charge is -2.21. The van der Waals surface area contributed by atoms with E-state index in [9.17, 15) is 4.79 Å². The predicted octanol–water partition coefficient (Wildman–Crippen LogP) is 1.94. The SMILES string of the molecule is O=C1CCOCC1CCCC1CCCO1. The summed E-state index contributed by atoms with van der Waals surface area (Å²) in [7, 11) is 0. The number of rotatable bonds is 4. The average Bonchev–Trinajstić information content (AvgIpc) is 2.74. The lowest BCUT2D eigenvalue weighted by Crippen LogP contribution is -2.27. The molecule has 0 bridgehead atoms. The summed E-state index contributed by atoms with van der Waals surface area (Å²) in [6, 6.07) is 0. The molecule has 0 aliphatic carbocycles. The summed E-state index contributed by atoms with van der Waals surface area (Å²) in [5.41, 5.74) is 0. The predicted molar refractivity (Wildman–Crippen MR) is 56.8 cm³/mol. The monoisotopic (exact) mass is 212 g/mol. The molecule has 2 heterocycles. The summed E-state index contributed by atoms with van der Waals surface area (Å²) in [5.74, 6) is 0.564. The van der Waals surface area contributed by atoms with Gasteiger partial charge in [-0.15, -0.1) is 0 Å². The van der Waals surface area contributed by atoms with Crippen molar-refractivity contribution in [3.63, 3.8) is 0 Å². The number of Topliss-reactive ketones (excluding diaryl/α,β-unsaturated/α-hetero) is 1. The highest BCUT2D eigenvalue weighted by Crippen LogP contribution is 2.21. The molecule has 2 rings (SSSR count). The summed E-state index contributed by atoms with van der Waals surface area (Å²) in [6.07, 6.45) is 6.69. The van der Waals surface area contributed by atoms with Crippen molar-refractivity contribution in [3.05, 3.63) is 0 Å². The van der Waals surface area contributed by atoms with Gasteiger partial charge in [0.05, 0.1) is 19.3 Å². The molecule has 0 saturated carbocycles. The maximum absolute atomic E-state index is 11.5. The molecule has 2 aliphatic rings. The van der Waals surface area contributed by atoms with Crippen molar-refractivity contribution in [1.29, 1.82) is 0 Å². The first-order valence-corrected chi connectivity index (χ1v) is 6.08. The minimum atomic E-state index is 0.167. The van der Waals surface area contributed by atoms with Crippen LogP contribution in [-0.2, 0) is 14.3 Å². The van der Waals surface area contributed by atoms with Crippen LogP contribution in [0.25, 0.3) is 0 Å². The zero-order chi connectivity index (χ0) is 10.5. The minimum absolute atomic E-state index is 0.167. The van der Waals surface area contributed by atoms with Crippen LogP contribution in [0.2, 0.25) is 0 Å². The zero-order valence-electron chi connectivity index (χ0n) is 9.24. The van der Waals surface area contributed by atoms with Crippen molar-refractivity contribution in [3.8, 4) is 0 Å². The van der Waals surface area contributed by atoms with Crippen molar-refractivity contribution >= 4 is 5.78 Å². The maximum atomic E-state index is 11.5. The normalized spacial score (nSPS) is 32.1. The van der Waals surface area contributed by atoms with E-state index in [0.717, 1.165) is 25.9 Å². The molecule has 15 heavy (non-hydrogen) atoms. The van der Waals surface area contributed by atoms with Gasteiger partial charge < -0.3 is 9.47 Å². The molecule has 0 radical (unpaired) electrons. The lowest BCUT2D eigenvalue weighted by molar-refractivity contribution is -0.130. The quantitative estimate of drug-likeness (QED) is 0.714. The van der Waals surface area contributed by atoms with Crippen LogP contribution in [0.15, 0.2) is 0 Å². The van der Waals surface area contributed by atoms with Crippen LogP contribution in [-0.4, -0.2) is 31.7 Å². The fourth-order valence-electron chi connectivity index (χ4n) is 2.40. The molecule has 0 amide bonds. The molecule has 2 aliphatic heterocycles. The van der Waals surface area contributed by atoms with E-state index in [0.29, 0.717) is 31.5 Å².